The van der Waals surface area contributed by atoms with Crippen LogP contribution in [0.2, 0.25) is 0 Å². The molecule has 2 heterocycles. The number of hydrogen-bond acceptors (Lipinski definition) is 3. The summed E-state index contributed by atoms with van der Waals surface area (Å²) in [5.41, 5.74) is 4.84. The largest absolute Gasteiger partial charge is 0.378 e. The van der Waals surface area contributed by atoms with Crippen LogP contribution in [0.4, 0.5) is 5.69 Å². The number of fused-ring (bicyclic) bond motifs is 1. The molecule has 0 spiro atoms. The molecule has 0 amide bonds. The van der Waals surface area contributed by atoms with Gasteiger partial charge in [0, 0.05) is 28.2 Å². The van der Waals surface area contributed by atoms with E-state index in [1.165, 1.54) is 21.3 Å². The van der Waals surface area contributed by atoms with Crippen LogP contribution in [0.5, 0.6) is 0 Å². The van der Waals surface area contributed by atoms with Crippen molar-refractivity contribution in [2.75, 3.05) is 5.32 Å². The standard InChI is InChI=1S/C17H21N3S/c1-5-20-13(4)17(12(3)19-20)11(2)18-15-6-7-16-14(10-15)8-9-21-16/h6-11,18H,5H2,1-4H3. The SMILES string of the molecule is CCn1nc(C)c(C(C)Nc2ccc3sccc3c2)c1C. The highest BCUT2D eigenvalue weighted by atomic mass is 32.1. The zero-order valence-electron chi connectivity index (χ0n) is 13.0. The van der Waals surface area contributed by atoms with Crippen molar-refractivity contribution in [3.05, 3.63) is 46.6 Å². The van der Waals surface area contributed by atoms with Crippen LogP contribution < -0.4 is 5.32 Å². The molecule has 0 saturated heterocycles. The Balaban J connectivity index is 1.88. The van der Waals surface area contributed by atoms with E-state index >= 15 is 0 Å². The Morgan fingerprint density at radius 1 is 1.29 bits per heavy atom. The highest BCUT2D eigenvalue weighted by Crippen LogP contribution is 2.28. The molecule has 0 aliphatic rings. The quantitative estimate of drug-likeness (QED) is 0.742. The molecule has 3 rings (SSSR count). The molecule has 110 valence electrons. The molecule has 3 aromatic rings. The number of anilines is 1. The summed E-state index contributed by atoms with van der Waals surface area (Å²) >= 11 is 1.78. The predicted octanol–water partition coefficient (Wildman–Crippen LogP) is 4.91. The molecule has 4 heteroatoms. The Morgan fingerprint density at radius 3 is 2.81 bits per heavy atom. The van der Waals surface area contributed by atoms with E-state index in [-0.39, 0.29) is 6.04 Å². The molecule has 0 aliphatic carbocycles. The Morgan fingerprint density at radius 2 is 2.10 bits per heavy atom. The van der Waals surface area contributed by atoms with Gasteiger partial charge in [-0.25, -0.2) is 0 Å². The second kappa shape index (κ2) is 5.53. The number of hydrogen-bond donors (Lipinski definition) is 1. The highest BCUT2D eigenvalue weighted by molar-refractivity contribution is 7.17. The van der Waals surface area contributed by atoms with Gasteiger partial charge in [0.2, 0.25) is 0 Å². The van der Waals surface area contributed by atoms with Crippen molar-refractivity contribution in [3.63, 3.8) is 0 Å². The number of aryl methyl sites for hydroxylation is 2. The molecule has 0 fully saturated rings. The normalized spacial score (nSPS) is 12.8. The van der Waals surface area contributed by atoms with Gasteiger partial charge in [0.05, 0.1) is 11.7 Å². The third-order valence-electron chi connectivity index (χ3n) is 4.01. The summed E-state index contributed by atoms with van der Waals surface area (Å²) in [7, 11) is 0. The van der Waals surface area contributed by atoms with E-state index in [2.05, 4.69) is 72.4 Å². The fraction of sp³-hybridized carbons (Fsp3) is 0.353. The molecule has 0 aliphatic heterocycles. The summed E-state index contributed by atoms with van der Waals surface area (Å²) in [6.07, 6.45) is 0. The van der Waals surface area contributed by atoms with E-state index in [0.29, 0.717) is 0 Å². The molecule has 2 aromatic heterocycles. The van der Waals surface area contributed by atoms with E-state index < -0.39 is 0 Å². The van der Waals surface area contributed by atoms with Crippen LogP contribution in [0, 0.1) is 13.8 Å². The van der Waals surface area contributed by atoms with Crippen molar-refractivity contribution in [1.29, 1.82) is 0 Å². The minimum atomic E-state index is 0.251. The zero-order valence-corrected chi connectivity index (χ0v) is 13.8. The van der Waals surface area contributed by atoms with Crippen LogP contribution >= 0.6 is 11.3 Å². The van der Waals surface area contributed by atoms with Gasteiger partial charge < -0.3 is 5.32 Å². The van der Waals surface area contributed by atoms with E-state index in [1.54, 1.807) is 11.3 Å². The molecule has 0 bridgehead atoms. The average molecular weight is 299 g/mol. The van der Waals surface area contributed by atoms with Crippen molar-refractivity contribution in [2.45, 2.75) is 40.3 Å². The number of rotatable bonds is 4. The lowest BCUT2D eigenvalue weighted by atomic mass is 10.1. The van der Waals surface area contributed by atoms with Crippen LogP contribution in [-0.4, -0.2) is 9.78 Å². The molecule has 3 nitrogen and oxygen atoms in total. The van der Waals surface area contributed by atoms with Gasteiger partial charge in [-0.05, 0) is 62.7 Å². The first-order valence-corrected chi connectivity index (χ1v) is 8.25. The van der Waals surface area contributed by atoms with Crippen LogP contribution in [0.25, 0.3) is 10.1 Å². The molecule has 1 atom stereocenters. The molecule has 0 radical (unpaired) electrons. The Labute approximate surface area is 129 Å². The smallest absolute Gasteiger partial charge is 0.0649 e. The third-order valence-corrected chi connectivity index (χ3v) is 4.90. The van der Waals surface area contributed by atoms with Gasteiger partial charge in [-0.15, -0.1) is 11.3 Å². The second-order valence-corrected chi connectivity index (χ2v) is 6.39. The highest BCUT2D eigenvalue weighted by Gasteiger charge is 2.17. The predicted molar refractivity (Wildman–Crippen MR) is 91.2 cm³/mol. The summed E-state index contributed by atoms with van der Waals surface area (Å²) in [5.74, 6) is 0. The minimum Gasteiger partial charge on any atom is -0.378 e. The van der Waals surface area contributed by atoms with Gasteiger partial charge >= 0.3 is 0 Å². The van der Waals surface area contributed by atoms with E-state index in [4.69, 9.17) is 0 Å². The Hall–Kier alpha value is -1.81. The zero-order chi connectivity index (χ0) is 15.0. The third kappa shape index (κ3) is 2.56. The maximum Gasteiger partial charge on any atom is 0.0649 e. The van der Waals surface area contributed by atoms with Crippen LogP contribution in [-0.2, 0) is 6.54 Å². The monoisotopic (exact) mass is 299 g/mol. The van der Waals surface area contributed by atoms with Crippen LogP contribution in [0.1, 0.15) is 36.8 Å². The van der Waals surface area contributed by atoms with Crippen molar-refractivity contribution in [2.24, 2.45) is 0 Å². The number of nitrogens with zero attached hydrogens (tertiary/aromatic N) is 2. The molecule has 1 N–H and O–H groups in total. The van der Waals surface area contributed by atoms with Gasteiger partial charge in [0.1, 0.15) is 0 Å². The van der Waals surface area contributed by atoms with Crippen molar-refractivity contribution in [1.82, 2.24) is 9.78 Å². The summed E-state index contributed by atoms with van der Waals surface area (Å²) < 4.78 is 3.41. The van der Waals surface area contributed by atoms with Crippen LogP contribution in [0.15, 0.2) is 29.6 Å². The molecular weight excluding hydrogens is 278 g/mol. The average Bonchev–Trinajstić information content (AvgIpc) is 3.02. The molecule has 1 aromatic carbocycles. The van der Waals surface area contributed by atoms with Crippen molar-refractivity contribution < 1.29 is 0 Å². The van der Waals surface area contributed by atoms with E-state index in [9.17, 15) is 0 Å². The number of thiophene rings is 1. The molecular formula is C17H21N3S. The lowest BCUT2D eigenvalue weighted by Crippen LogP contribution is -2.09. The van der Waals surface area contributed by atoms with Crippen molar-refractivity contribution >= 4 is 27.1 Å². The number of benzene rings is 1. The Bertz CT molecular complexity index is 770. The van der Waals surface area contributed by atoms with E-state index in [1.807, 2.05) is 0 Å². The maximum atomic E-state index is 4.61. The van der Waals surface area contributed by atoms with Gasteiger partial charge in [-0.2, -0.15) is 5.10 Å². The maximum absolute atomic E-state index is 4.61. The summed E-state index contributed by atoms with van der Waals surface area (Å²) in [6.45, 7) is 9.49. The topological polar surface area (TPSA) is 29.9 Å². The van der Waals surface area contributed by atoms with Crippen molar-refractivity contribution in [3.8, 4) is 0 Å². The fourth-order valence-corrected chi connectivity index (χ4v) is 3.79. The van der Waals surface area contributed by atoms with Gasteiger partial charge in [-0.1, -0.05) is 0 Å². The first kappa shape index (κ1) is 14.1. The van der Waals surface area contributed by atoms with E-state index in [0.717, 1.165) is 17.9 Å². The molecule has 0 saturated carbocycles. The van der Waals surface area contributed by atoms with Crippen LogP contribution in [0.3, 0.4) is 0 Å². The van der Waals surface area contributed by atoms with Gasteiger partial charge in [0.15, 0.2) is 0 Å². The second-order valence-electron chi connectivity index (χ2n) is 5.44. The molecule has 1 unspecified atom stereocenters. The lowest BCUT2D eigenvalue weighted by Gasteiger charge is -2.16. The fourth-order valence-electron chi connectivity index (χ4n) is 3.02. The lowest BCUT2D eigenvalue weighted by molar-refractivity contribution is 0.632. The summed E-state index contributed by atoms with van der Waals surface area (Å²) in [4.78, 5) is 0. The molecule has 21 heavy (non-hydrogen) atoms. The first-order valence-electron chi connectivity index (χ1n) is 7.38. The van der Waals surface area contributed by atoms with Gasteiger partial charge in [-0.3, -0.25) is 4.68 Å². The Kier molecular flexibility index (Phi) is 3.72. The van der Waals surface area contributed by atoms with Gasteiger partial charge in [0.25, 0.3) is 0 Å². The summed E-state index contributed by atoms with van der Waals surface area (Å²) in [5, 5.41) is 11.7. The number of nitrogens with one attached hydrogen (secondary N) is 1. The first-order chi connectivity index (χ1) is 10.1. The summed E-state index contributed by atoms with van der Waals surface area (Å²) in [6, 6.07) is 8.98. The minimum absolute atomic E-state index is 0.251. The number of aromatic nitrogens is 2.